The Morgan fingerprint density at radius 2 is 2.11 bits per heavy atom. The molecule has 0 N–H and O–H groups in total. The predicted molar refractivity (Wildman–Crippen MR) is 34.2 cm³/mol. The van der Waals surface area contributed by atoms with Gasteiger partial charge in [-0.3, -0.25) is 4.18 Å². The first-order chi connectivity index (χ1) is 3.95. The summed E-state index contributed by atoms with van der Waals surface area (Å²) in [6.45, 7) is 1.49. The Hall–Kier alpha value is -0.530. The van der Waals surface area contributed by atoms with Crippen LogP contribution in [0, 0.1) is 12.3 Å². The van der Waals surface area contributed by atoms with E-state index in [1.807, 2.05) is 0 Å². The summed E-state index contributed by atoms with van der Waals surface area (Å²) in [5.41, 5.74) is 0. The molecule has 0 fully saturated rings. The molecule has 9 heavy (non-hydrogen) atoms. The molecule has 0 aliphatic carbocycles. The summed E-state index contributed by atoms with van der Waals surface area (Å²) in [5.74, 6) is 2.12. The van der Waals surface area contributed by atoms with Crippen LogP contribution in [0.3, 0.4) is 0 Å². The van der Waals surface area contributed by atoms with Gasteiger partial charge in [0, 0.05) is 0 Å². The van der Waals surface area contributed by atoms with E-state index in [1.165, 1.54) is 6.92 Å². The molecule has 0 aliphatic heterocycles. The molecule has 0 radical (unpaired) electrons. The second-order valence-corrected chi connectivity index (χ2v) is 3.21. The number of hydrogen-bond donors (Lipinski definition) is 0. The molecule has 52 valence electrons. The van der Waals surface area contributed by atoms with Crippen LogP contribution < -0.4 is 0 Å². The second-order valence-electron chi connectivity index (χ2n) is 1.61. The summed E-state index contributed by atoms with van der Waals surface area (Å²) in [5, 5.41) is 0. The molecule has 3 nitrogen and oxygen atoms in total. The van der Waals surface area contributed by atoms with Crippen LogP contribution in [0.5, 0.6) is 0 Å². The predicted octanol–water partition coefficient (Wildman–Crippen LogP) is -0.0157. The van der Waals surface area contributed by atoms with Crippen LogP contribution in [-0.4, -0.2) is 20.8 Å². The van der Waals surface area contributed by atoms with E-state index in [-0.39, 0.29) is 0 Å². The van der Waals surface area contributed by atoms with Crippen molar-refractivity contribution < 1.29 is 12.6 Å². The summed E-state index contributed by atoms with van der Waals surface area (Å²) >= 11 is 0. The van der Waals surface area contributed by atoms with Gasteiger partial charge in [0.1, 0.15) is 6.10 Å². The topological polar surface area (TPSA) is 43.4 Å². The summed E-state index contributed by atoms with van der Waals surface area (Å²) < 4.78 is 24.9. The van der Waals surface area contributed by atoms with E-state index < -0.39 is 16.2 Å². The normalized spacial score (nSPS) is 14.3. The van der Waals surface area contributed by atoms with Gasteiger partial charge >= 0.3 is 0 Å². The van der Waals surface area contributed by atoms with Crippen molar-refractivity contribution in [2.24, 2.45) is 0 Å². The minimum Gasteiger partial charge on any atom is -0.254 e. The lowest BCUT2D eigenvalue weighted by atomic mass is 10.4. The number of rotatable bonds is 2. The van der Waals surface area contributed by atoms with Crippen molar-refractivity contribution in [2.75, 3.05) is 6.26 Å². The van der Waals surface area contributed by atoms with E-state index >= 15 is 0 Å². The van der Waals surface area contributed by atoms with E-state index in [0.717, 1.165) is 6.26 Å². The third kappa shape index (κ3) is 5.34. The third-order valence-corrected chi connectivity index (χ3v) is 1.19. The quantitative estimate of drug-likeness (QED) is 0.408. The van der Waals surface area contributed by atoms with E-state index in [0.29, 0.717) is 0 Å². The van der Waals surface area contributed by atoms with Gasteiger partial charge in [-0.25, -0.2) is 0 Å². The molecule has 0 aliphatic rings. The molecule has 0 aromatic carbocycles. The summed E-state index contributed by atoms with van der Waals surface area (Å²) in [7, 11) is -3.38. The highest BCUT2D eigenvalue weighted by Gasteiger charge is 2.05. The average Bonchev–Trinajstić information content (AvgIpc) is 1.62. The van der Waals surface area contributed by atoms with Gasteiger partial charge in [0.2, 0.25) is 0 Å². The van der Waals surface area contributed by atoms with Crippen molar-refractivity contribution in [3.05, 3.63) is 0 Å². The van der Waals surface area contributed by atoms with E-state index in [4.69, 9.17) is 6.42 Å². The van der Waals surface area contributed by atoms with Crippen molar-refractivity contribution in [2.45, 2.75) is 13.0 Å². The standard InChI is InChI=1S/C5H8O3S/c1-4-5(2)8-9(3,6)7/h1,5H,2-3H3/t5-/m1/s1. The second kappa shape index (κ2) is 2.85. The Morgan fingerprint density at radius 1 is 1.67 bits per heavy atom. The van der Waals surface area contributed by atoms with Gasteiger partial charge < -0.3 is 0 Å². The van der Waals surface area contributed by atoms with Gasteiger partial charge in [0.05, 0.1) is 6.26 Å². The van der Waals surface area contributed by atoms with Crippen LogP contribution in [0.25, 0.3) is 0 Å². The first-order valence-corrected chi connectivity index (χ1v) is 4.12. The minimum atomic E-state index is -3.38. The lowest BCUT2D eigenvalue weighted by Gasteiger charge is -2.00. The largest absolute Gasteiger partial charge is 0.265 e. The fourth-order valence-corrected chi connectivity index (χ4v) is 0.870. The molecule has 0 unspecified atom stereocenters. The zero-order chi connectivity index (χ0) is 7.49. The van der Waals surface area contributed by atoms with Gasteiger partial charge in [0.25, 0.3) is 10.1 Å². The molecular formula is C5H8O3S. The molecular weight excluding hydrogens is 140 g/mol. The molecule has 0 heterocycles. The number of terminal acetylenes is 1. The molecule has 1 atom stereocenters. The molecule has 0 saturated heterocycles. The Morgan fingerprint density at radius 3 is 2.22 bits per heavy atom. The molecule has 0 rings (SSSR count). The van der Waals surface area contributed by atoms with Crippen LogP contribution in [0.4, 0.5) is 0 Å². The Kier molecular flexibility index (Phi) is 2.68. The Balaban J connectivity index is 3.94. The average molecular weight is 148 g/mol. The van der Waals surface area contributed by atoms with Crippen molar-refractivity contribution >= 4 is 10.1 Å². The van der Waals surface area contributed by atoms with Gasteiger partial charge in [-0.05, 0) is 6.92 Å². The molecule has 0 spiro atoms. The summed E-state index contributed by atoms with van der Waals surface area (Å²) in [6, 6.07) is 0. The van der Waals surface area contributed by atoms with Crippen molar-refractivity contribution in [3.63, 3.8) is 0 Å². The molecule has 4 heteroatoms. The van der Waals surface area contributed by atoms with Crippen LogP contribution in [0.1, 0.15) is 6.92 Å². The highest BCUT2D eigenvalue weighted by atomic mass is 32.2. The van der Waals surface area contributed by atoms with Gasteiger partial charge in [-0.15, -0.1) is 6.42 Å². The van der Waals surface area contributed by atoms with Crippen molar-refractivity contribution in [3.8, 4) is 12.3 Å². The van der Waals surface area contributed by atoms with Gasteiger partial charge in [-0.1, -0.05) is 5.92 Å². The van der Waals surface area contributed by atoms with Crippen LogP contribution in [-0.2, 0) is 14.3 Å². The highest BCUT2D eigenvalue weighted by Crippen LogP contribution is 1.93. The summed E-state index contributed by atoms with van der Waals surface area (Å²) in [4.78, 5) is 0. The SMILES string of the molecule is C#C[C@@H](C)OS(C)(=O)=O. The smallest absolute Gasteiger partial charge is 0.254 e. The maximum Gasteiger partial charge on any atom is 0.265 e. The molecule has 0 amide bonds. The first-order valence-electron chi connectivity index (χ1n) is 2.30. The van der Waals surface area contributed by atoms with Crippen LogP contribution in [0.15, 0.2) is 0 Å². The fourth-order valence-electron chi connectivity index (χ4n) is 0.290. The van der Waals surface area contributed by atoms with Gasteiger partial charge in [-0.2, -0.15) is 8.42 Å². The first kappa shape index (κ1) is 8.47. The Bertz CT molecular complexity index is 209. The lowest BCUT2D eigenvalue weighted by Crippen LogP contribution is -2.11. The molecule has 0 bridgehead atoms. The molecule has 0 aromatic heterocycles. The van der Waals surface area contributed by atoms with Gasteiger partial charge in [0.15, 0.2) is 0 Å². The zero-order valence-electron chi connectivity index (χ0n) is 5.29. The minimum absolute atomic E-state index is 0.667. The third-order valence-electron chi connectivity index (χ3n) is 0.554. The maximum absolute atomic E-state index is 10.3. The maximum atomic E-state index is 10.3. The van der Waals surface area contributed by atoms with Crippen molar-refractivity contribution in [1.82, 2.24) is 0 Å². The lowest BCUT2D eigenvalue weighted by molar-refractivity contribution is 0.286. The Labute approximate surface area is 55.1 Å². The molecule has 0 saturated carbocycles. The van der Waals surface area contributed by atoms with E-state index in [1.54, 1.807) is 0 Å². The molecule has 0 aromatic rings. The fraction of sp³-hybridized carbons (Fsp3) is 0.600. The van der Waals surface area contributed by atoms with E-state index in [9.17, 15) is 8.42 Å². The van der Waals surface area contributed by atoms with Crippen LogP contribution in [0.2, 0.25) is 0 Å². The van der Waals surface area contributed by atoms with E-state index in [2.05, 4.69) is 10.1 Å². The van der Waals surface area contributed by atoms with Crippen LogP contribution >= 0.6 is 0 Å². The monoisotopic (exact) mass is 148 g/mol. The number of hydrogen-bond acceptors (Lipinski definition) is 3. The highest BCUT2D eigenvalue weighted by molar-refractivity contribution is 7.86. The summed E-state index contributed by atoms with van der Waals surface area (Å²) in [6.07, 6.45) is 5.13. The zero-order valence-corrected chi connectivity index (χ0v) is 6.10. The van der Waals surface area contributed by atoms with Crippen molar-refractivity contribution in [1.29, 1.82) is 0 Å².